The molecule has 0 spiro atoms. The lowest BCUT2D eigenvalue weighted by Gasteiger charge is -2.17. The number of unbranched alkanes of at least 4 members (excludes halogenated alkanes) is 7. The van der Waals surface area contributed by atoms with Gasteiger partial charge in [0.05, 0.1) is 12.0 Å². The third-order valence-corrected chi connectivity index (χ3v) is 3.20. The summed E-state index contributed by atoms with van der Waals surface area (Å²) in [7, 11) is 2.12. The van der Waals surface area contributed by atoms with Gasteiger partial charge in [0.25, 0.3) is 0 Å². The lowest BCUT2D eigenvalue weighted by molar-refractivity contribution is 0.302. The Morgan fingerprint density at radius 1 is 1.00 bits per heavy atom. The van der Waals surface area contributed by atoms with Crippen LogP contribution in [-0.4, -0.2) is 25.0 Å². The molecule has 100 valence electrons. The predicted molar refractivity (Wildman–Crippen MR) is 74.9 cm³/mol. The maximum Gasteiger partial charge on any atom is 0.0666 e. The largest absolute Gasteiger partial charge is 0.305 e. The summed E-state index contributed by atoms with van der Waals surface area (Å²) in [6, 6.07) is 2.28. The fourth-order valence-electron chi connectivity index (χ4n) is 2.12. The molecule has 0 fully saturated rings. The number of hydrogen-bond acceptors (Lipinski definition) is 2. The van der Waals surface area contributed by atoms with Crippen LogP contribution >= 0.6 is 0 Å². The van der Waals surface area contributed by atoms with E-state index in [1.807, 2.05) is 6.92 Å². The minimum absolute atomic E-state index is 0.161. The standard InChI is InChI=1S/C15H30N2/c1-4-5-6-7-8-9-10-11-12-17(3)14-15(2)13-16/h15H,4-12,14H2,1-3H3. The Kier molecular flexibility index (Phi) is 11.5. The van der Waals surface area contributed by atoms with Crippen molar-refractivity contribution in [3.8, 4) is 6.07 Å². The number of rotatable bonds is 11. The van der Waals surface area contributed by atoms with Crippen LogP contribution in [0.25, 0.3) is 0 Å². The SMILES string of the molecule is CCCCCCCCCCN(C)CC(C)C#N. The van der Waals surface area contributed by atoms with Crippen LogP contribution in [0.2, 0.25) is 0 Å². The zero-order chi connectivity index (χ0) is 12.9. The molecule has 17 heavy (non-hydrogen) atoms. The second-order valence-corrected chi connectivity index (χ2v) is 5.27. The number of nitriles is 1. The third-order valence-electron chi connectivity index (χ3n) is 3.20. The first kappa shape index (κ1) is 16.4. The second-order valence-electron chi connectivity index (χ2n) is 5.27. The molecular formula is C15H30N2. The molecule has 2 heteroatoms. The van der Waals surface area contributed by atoms with E-state index in [9.17, 15) is 0 Å². The molecule has 0 aliphatic rings. The average Bonchev–Trinajstić information content (AvgIpc) is 2.32. The first-order valence-corrected chi connectivity index (χ1v) is 7.28. The molecule has 1 atom stereocenters. The van der Waals surface area contributed by atoms with E-state index < -0.39 is 0 Å². The van der Waals surface area contributed by atoms with Crippen LogP contribution in [0.1, 0.15) is 65.2 Å². The molecular weight excluding hydrogens is 208 g/mol. The zero-order valence-electron chi connectivity index (χ0n) is 12.0. The van der Waals surface area contributed by atoms with Gasteiger partial charge in [0.1, 0.15) is 0 Å². The normalized spacial score (nSPS) is 12.6. The van der Waals surface area contributed by atoms with Gasteiger partial charge < -0.3 is 4.90 Å². The highest BCUT2D eigenvalue weighted by Gasteiger charge is 2.04. The Bertz CT molecular complexity index is 196. The van der Waals surface area contributed by atoms with Crippen molar-refractivity contribution in [2.75, 3.05) is 20.1 Å². The van der Waals surface area contributed by atoms with E-state index in [0.717, 1.165) is 13.1 Å². The van der Waals surface area contributed by atoms with Crippen molar-refractivity contribution in [3.63, 3.8) is 0 Å². The second kappa shape index (κ2) is 11.9. The quantitative estimate of drug-likeness (QED) is 0.504. The summed E-state index contributed by atoms with van der Waals surface area (Å²) in [6.07, 6.45) is 11.0. The van der Waals surface area contributed by atoms with Crippen LogP contribution < -0.4 is 0 Å². The van der Waals surface area contributed by atoms with Gasteiger partial charge in [-0.2, -0.15) is 5.26 Å². The van der Waals surface area contributed by atoms with E-state index in [2.05, 4.69) is 24.9 Å². The van der Waals surface area contributed by atoms with E-state index in [1.54, 1.807) is 0 Å². The van der Waals surface area contributed by atoms with Crippen LogP contribution in [0.3, 0.4) is 0 Å². The van der Waals surface area contributed by atoms with Crippen molar-refractivity contribution in [3.05, 3.63) is 0 Å². The van der Waals surface area contributed by atoms with Gasteiger partial charge in [-0.05, 0) is 26.9 Å². The molecule has 0 aromatic rings. The lowest BCUT2D eigenvalue weighted by atomic mass is 10.1. The fourth-order valence-corrected chi connectivity index (χ4v) is 2.12. The Balaban J connectivity index is 3.20. The average molecular weight is 238 g/mol. The summed E-state index contributed by atoms with van der Waals surface area (Å²) in [6.45, 7) is 6.30. The highest BCUT2D eigenvalue weighted by Crippen LogP contribution is 2.08. The van der Waals surface area contributed by atoms with Crippen LogP contribution in [0, 0.1) is 17.2 Å². The van der Waals surface area contributed by atoms with Crippen molar-refractivity contribution in [2.45, 2.75) is 65.2 Å². The maximum absolute atomic E-state index is 8.72. The molecule has 0 aliphatic heterocycles. The summed E-state index contributed by atoms with van der Waals surface area (Å²) in [5, 5.41) is 8.72. The molecule has 0 saturated heterocycles. The molecule has 0 rings (SSSR count). The Labute approximate surface area is 108 Å². The van der Waals surface area contributed by atoms with Gasteiger partial charge in [0.2, 0.25) is 0 Å². The molecule has 2 nitrogen and oxygen atoms in total. The molecule has 0 amide bonds. The topological polar surface area (TPSA) is 27.0 Å². The van der Waals surface area contributed by atoms with Gasteiger partial charge in [0.15, 0.2) is 0 Å². The molecule has 0 aliphatic carbocycles. The van der Waals surface area contributed by atoms with Crippen molar-refractivity contribution < 1.29 is 0 Å². The van der Waals surface area contributed by atoms with E-state index >= 15 is 0 Å². The van der Waals surface area contributed by atoms with Gasteiger partial charge in [-0.25, -0.2) is 0 Å². The molecule has 0 aromatic carbocycles. The molecule has 1 unspecified atom stereocenters. The fraction of sp³-hybridized carbons (Fsp3) is 0.933. The van der Waals surface area contributed by atoms with Crippen molar-refractivity contribution >= 4 is 0 Å². The van der Waals surface area contributed by atoms with Gasteiger partial charge in [-0.1, -0.05) is 51.9 Å². The minimum Gasteiger partial charge on any atom is -0.305 e. The third kappa shape index (κ3) is 11.7. The lowest BCUT2D eigenvalue weighted by Crippen LogP contribution is -2.24. The van der Waals surface area contributed by atoms with Crippen LogP contribution in [0.15, 0.2) is 0 Å². The van der Waals surface area contributed by atoms with Crippen molar-refractivity contribution in [2.24, 2.45) is 5.92 Å². The summed E-state index contributed by atoms with van der Waals surface area (Å²) in [5.41, 5.74) is 0. The maximum atomic E-state index is 8.72. The summed E-state index contributed by atoms with van der Waals surface area (Å²) in [4.78, 5) is 2.28. The van der Waals surface area contributed by atoms with E-state index in [-0.39, 0.29) is 5.92 Å². The molecule has 0 radical (unpaired) electrons. The van der Waals surface area contributed by atoms with Crippen molar-refractivity contribution in [1.82, 2.24) is 4.90 Å². The van der Waals surface area contributed by atoms with E-state index in [0.29, 0.717) is 0 Å². The highest BCUT2D eigenvalue weighted by molar-refractivity contribution is 4.80. The monoisotopic (exact) mass is 238 g/mol. The molecule has 0 saturated carbocycles. The van der Waals surface area contributed by atoms with Gasteiger partial charge in [0, 0.05) is 6.54 Å². The zero-order valence-corrected chi connectivity index (χ0v) is 12.0. The van der Waals surface area contributed by atoms with Gasteiger partial charge in [-0.3, -0.25) is 0 Å². The van der Waals surface area contributed by atoms with Crippen LogP contribution in [0.4, 0.5) is 0 Å². The Morgan fingerprint density at radius 2 is 1.53 bits per heavy atom. The number of nitrogens with zero attached hydrogens (tertiary/aromatic N) is 2. The Hall–Kier alpha value is -0.550. The number of hydrogen-bond donors (Lipinski definition) is 0. The van der Waals surface area contributed by atoms with Crippen LogP contribution in [-0.2, 0) is 0 Å². The minimum atomic E-state index is 0.161. The molecule has 0 heterocycles. The predicted octanol–water partition coefficient (Wildman–Crippen LogP) is 4.22. The first-order chi connectivity index (χ1) is 8.20. The summed E-state index contributed by atoms with van der Waals surface area (Å²) in [5.74, 6) is 0.161. The Morgan fingerprint density at radius 3 is 2.06 bits per heavy atom. The highest BCUT2D eigenvalue weighted by atomic mass is 15.1. The smallest absolute Gasteiger partial charge is 0.0666 e. The van der Waals surface area contributed by atoms with E-state index in [4.69, 9.17) is 5.26 Å². The van der Waals surface area contributed by atoms with Gasteiger partial charge in [-0.15, -0.1) is 0 Å². The first-order valence-electron chi connectivity index (χ1n) is 7.28. The molecule has 0 N–H and O–H groups in total. The summed E-state index contributed by atoms with van der Waals surface area (Å²) < 4.78 is 0. The van der Waals surface area contributed by atoms with Gasteiger partial charge >= 0.3 is 0 Å². The van der Waals surface area contributed by atoms with E-state index in [1.165, 1.54) is 51.4 Å². The molecule has 0 aromatic heterocycles. The van der Waals surface area contributed by atoms with Crippen molar-refractivity contribution in [1.29, 1.82) is 5.26 Å². The molecule has 0 bridgehead atoms. The van der Waals surface area contributed by atoms with Crippen LogP contribution in [0.5, 0.6) is 0 Å². The summed E-state index contributed by atoms with van der Waals surface area (Å²) >= 11 is 0.